The third-order valence-electron chi connectivity index (χ3n) is 3.33. The predicted octanol–water partition coefficient (Wildman–Crippen LogP) is 5.64. The summed E-state index contributed by atoms with van der Waals surface area (Å²) in [6.45, 7) is 7.08. The Hall–Kier alpha value is 0.883. The van der Waals surface area contributed by atoms with Gasteiger partial charge in [0.25, 0.3) is 0 Å². The molecule has 0 aliphatic heterocycles. The molecule has 1 atom stereocenters. The number of allylic oxidation sites excluding steroid dienone is 4. The van der Waals surface area contributed by atoms with Gasteiger partial charge in [-0.25, -0.2) is 11.6 Å². The van der Waals surface area contributed by atoms with Crippen molar-refractivity contribution in [2.75, 3.05) is 19.5 Å². The Balaban J connectivity index is -0.000000810. The van der Waals surface area contributed by atoms with E-state index in [0.717, 1.165) is 6.42 Å². The smallest absolute Gasteiger partial charge is 0 e. The molecule has 118 valence electrons. The molecule has 1 aliphatic rings. The number of hydrogen-bond acceptors (Lipinski definition) is 0. The van der Waals surface area contributed by atoms with E-state index in [1.165, 1.54) is 17.3 Å². The van der Waals surface area contributed by atoms with Crippen LogP contribution in [-0.2, 0) is 31.6 Å². The van der Waals surface area contributed by atoms with Crippen molar-refractivity contribution in [3.8, 4) is 0 Å². The summed E-state index contributed by atoms with van der Waals surface area (Å²) in [6, 6.07) is 10.9. The molecule has 0 radical (unpaired) electrons. The Morgan fingerprint density at radius 3 is 2.10 bits per heavy atom. The molecule has 1 aromatic carbocycles. The zero-order valence-corrected chi connectivity index (χ0v) is 18.4. The first kappa shape index (κ1) is 26.8. The van der Waals surface area contributed by atoms with Crippen LogP contribution in [0.5, 0.6) is 0 Å². The van der Waals surface area contributed by atoms with Crippen LogP contribution in [0, 0.1) is 6.08 Å². The molecule has 2 rings (SSSR count). The number of halogens is 3. The normalized spacial score (nSPS) is 14.8. The van der Waals surface area contributed by atoms with Gasteiger partial charge in [0.2, 0.25) is 0 Å². The standard InChI is InChI=1S/C16H20P.3ClH.Zr/c1-16(13-17(2)3,15-11-7-8-12-15)14-9-5-4-6-10-14;;;;/h4-7,9-11H,8,13H2,1-3H3;3*1H;/q-1;;;;. The second-order valence-electron chi connectivity index (χ2n) is 5.13. The van der Waals surface area contributed by atoms with E-state index in [0.29, 0.717) is 0 Å². The van der Waals surface area contributed by atoms with Gasteiger partial charge in [0.15, 0.2) is 0 Å². The number of rotatable bonds is 4. The second-order valence-corrected chi connectivity index (χ2v) is 7.61. The number of hydrogen-bond donors (Lipinski definition) is 0. The van der Waals surface area contributed by atoms with Gasteiger partial charge in [-0.2, -0.15) is 6.08 Å². The third-order valence-corrected chi connectivity index (χ3v) is 4.60. The molecule has 0 saturated carbocycles. The summed E-state index contributed by atoms with van der Waals surface area (Å²) in [7, 11) is 0.0771. The van der Waals surface area contributed by atoms with Crippen molar-refractivity contribution in [2.45, 2.75) is 18.8 Å². The zero-order chi connectivity index (χ0) is 12.3. The first-order valence-electron chi connectivity index (χ1n) is 6.11. The summed E-state index contributed by atoms with van der Waals surface area (Å²) in [5.41, 5.74) is 2.94. The van der Waals surface area contributed by atoms with E-state index in [2.05, 4.69) is 68.8 Å². The molecule has 5 heteroatoms. The molecule has 0 bridgehead atoms. The maximum absolute atomic E-state index is 3.52. The molecule has 0 N–H and O–H groups in total. The van der Waals surface area contributed by atoms with Gasteiger partial charge < -0.3 is 0 Å². The predicted molar refractivity (Wildman–Crippen MR) is 99.7 cm³/mol. The minimum atomic E-state index is 0. The number of benzene rings is 1. The van der Waals surface area contributed by atoms with Gasteiger partial charge in [-0.3, -0.25) is 6.08 Å². The molecule has 1 unspecified atom stereocenters. The van der Waals surface area contributed by atoms with Crippen LogP contribution >= 0.6 is 45.1 Å². The van der Waals surface area contributed by atoms with Gasteiger partial charge >= 0.3 is 0 Å². The molecule has 0 aromatic heterocycles. The van der Waals surface area contributed by atoms with Gasteiger partial charge in [-0.05, 0) is 30.5 Å². The van der Waals surface area contributed by atoms with Gasteiger partial charge in [-0.15, -0.1) is 51.6 Å². The van der Waals surface area contributed by atoms with Crippen molar-refractivity contribution in [1.29, 1.82) is 0 Å². The first-order valence-corrected chi connectivity index (χ1v) is 8.53. The fourth-order valence-electron chi connectivity index (χ4n) is 2.55. The van der Waals surface area contributed by atoms with E-state index < -0.39 is 0 Å². The third kappa shape index (κ3) is 6.89. The fourth-order valence-corrected chi connectivity index (χ4v) is 4.17. The molecular weight excluding hydrogens is 421 g/mol. The summed E-state index contributed by atoms with van der Waals surface area (Å²) >= 11 is 0. The summed E-state index contributed by atoms with van der Waals surface area (Å²) < 4.78 is 0. The van der Waals surface area contributed by atoms with Crippen LogP contribution in [0.3, 0.4) is 0 Å². The van der Waals surface area contributed by atoms with E-state index in [-0.39, 0.29) is 76.8 Å². The quantitative estimate of drug-likeness (QED) is 0.417. The molecule has 0 spiro atoms. The molecule has 1 aliphatic carbocycles. The molecule has 0 heterocycles. The van der Waals surface area contributed by atoms with Crippen molar-refractivity contribution >= 4 is 45.1 Å². The Morgan fingerprint density at radius 1 is 1.10 bits per heavy atom. The minimum absolute atomic E-state index is 0. The summed E-state index contributed by atoms with van der Waals surface area (Å²) in [6.07, 6.45) is 10.2. The van der Waals surface area contributed by atoms with Crippen LogP contribution < -0.4 is 0 Å². The maximum Gasteiger partial charge on any atom is 0 e. The van der Waals surface area contributed by atoms with Gasteiger partial charge in [0, 0.05) is 26.2 Å². The minimum Gasteiger partial charge on any atom is -0.269 e. The Labute approximate surface area is 168 Å². The van der Waals surface area contributed by atoms with Crippen LogP contribution in [0.1, 0.15) is 18.9 Å². The SMILES string of the molecule is CP(C)CC(C)(C1=[C-]CC=C1)c1ccccc1.Cl.Cl.Cl.[Zr]. The zero-order valence-electron chi connectivity index (χ0n) is 12.6. The van der Waals surface area contributed by atoms with E-state index in [1.54, 1.807) is 0 Å². The van der Waals surface area contributed by atoms with Crippen molar-refractivity contribution in [3.63, 3.8) is 0 Å². The first-order chi connectivity index (χ1) is 8.13. The maximum atomic E-state index is 3.52. The van der Waals surface area contributed by atoms with Crippen LogP contribution in [0.15, 0.2) is 48.1 Å². The second kappa shape index (κ2) is 12.3. The van der Waals surface area contributed by atoms with E-state index >= 15 is 0 Å². The molecule has 0 amide bonds. The van der Waals surface area contributed by atoms with Gasteiger partial charge in [0.1, 0.15) is 0 Å². The molecule has 21 heavy (non-hydrogen) atoms. The monoisotopic (exact) mass is 441 g/mol. The molecule has 0 fully saturated rings. The summed E-state index contributed by atoms with van der Waals surface area (Å²) in [5, 5.41) is 0. The molecule has 1 aromatic rings. The summed E-state index contributed by atoms with van der Waals surface area (Å²) in [4.78, 5) is 0. The fraction of sp³-hybridized carbons (Fsp3) is 0.375. The van der Waals surface area contributed by atoms with E-state index in [1.807, 2.05) is 0 Å². The topological polar surface area (TPSA) is 0 Å². The van der Waals surface area contributed by atoms with Crippen molar-refractivity contribution < 1.29 is 26.2 Å². The van der Waals surface area contributed by atoms with E-state index in [4.69, 9.17) is 0 Å². The Bertz CT molecular complexity index is 446. The Kier molecular flexibility index (Phi) is 15.7. The average Bonchev–Trinajstić information content (AvgIpc) is 2.83. The molecule has 0 nitrogen and oxygen atoms in total. The van der Waals surface area contributed by atoms with Crippen LogP contribution in [0.4, 0.5) is 0 Å². The molecular formula is C16H23Cl3PZr-. The van der Waals surface area contributed by atoms with Crippen molar-refractivity contribution in [1.82, 2.24) is 0 Å². The van der Waals surface area contributed by atoms with E-state index in [9.17, 15) is 0 Å². The summed E-state index contributed by atoms with van der Waals surface area (Å²) in [5.74, 6) is 0. The van der Waals surface area contributed by atoms with Crippen LogP contribution in [-0.4, -0.2) is 19.5 Å². The largest absolute Gasteiger partial charge is 0.269 e. The van der Waals surface area contributed by atoms with Crippen molar-refractivity contribution in [3.05, 3.63) is 59.7 Å². The molecule has 0 saturated heterocycles. The van der Waals surface area contributed by atoms with Crippen molar-refractivity contribution in [2.24, 2.45) is 0 Å². The van der Waals surface area contributed by atoms with Gasteiger partial charge in [0.05, 0.1) is 0 Å². The Morgan fingerprint density at radius 2 is 1.67 bits per heavy atom. The van der Waals surface area contributed by atoms with Gasteiger partial charge in [-0.1, -0.05) is 37.3 Å². The van der Waals surface area contributed by atoms with Crippen LogP contribution in [0.25, 0.3) is 0 Å². The average molecular weight is 444 g/mol. The van der Waals surface area contributed by atoms with Crippen LogP contribution in [0.2, 0.25) is 0 Å².